The average Bonchev–Trinajstić information content (AvgIpc) is 3.19. The minimum Gasteiger partial charge on any atom is -0.452 e. The molecular weight excluding hydrogens is 452 g/mol. The molecule has 3 aromatic carbocycles. The molecule has 0 radical (unpaired) electrons. The second kappa shape index (κ2) is 9.69. The highest BCUT2D eigenvalue weighted by atomic mass is 32.2. The van der Waals surface area contributed by atoms with Gasteiger partial charge in [0.15, 0.2) is 6.61 Å². The smallest absolute Gasteiger partial charge is 0.338 e. The molecule has 34 heavy (non-hydrogen) atoms. The minimum absolute atomic E-state index is 0.00183. The third kappa shape index (κ3) is 4.82. The number of likely N-dealkylation sites (N-methyl/N-ethyl adjacent to an activating group) is 1. The van der Waals surface area contributed by atoms with Crippen LogP contribution in [0.2, 0.25) is 0 Å². The Hall–Kier alpha value is -3.65. The lowest BCUT2D eigenvalue weighted by molar-refractivity contribution is -0.133. The highest BCUT2D eigenvalue weighted by Crippen LogP contribution is 2.36. The summed E-state index contributed by atoms with van der Waals surface area (Å²) in [6.07, 6.45) is 0.621. The maximum Gasteiger partial charge on any atom is 0.338 e. The fraction of sp³-hybridized carbons (Fsp3) is 0.231. The van der Waals surface area contributed by atoms with E-state index in [0.717, 1.165) is 11.1 Å². The minimum atomic E-state index is -3.89. The largest absolute Gasteiger partial charge is 0.452 e. The number of sulfonamides is 1. The van der Waals surface area contributed by atoms with E-state index >= 15 is 0 Å². The Morgan fingerprint density at radius 3 is 2.47 bits per heavy atom. The van der Waals surface area contributed by atoms with Gasteiger partial charge in [-0.3, -0.25) is 9.10 Å². The van der Waals surface area contributed by atoms with Gasteiger partial charge in [-0.2, -0.15) is 0 Å². The first-order chi connectivity index (χ1) is 16.3. The number of carbonyl (C=O) groups is 2. The van der Waals surface area contributed by atoms with E-state index in [1.807, 2.05) is 49.4 Å². The van der Waals surface area contributed by atoms with Crippen molar-refractivity contribution in [2.75, 3.05) is 18.0 Å². The van der Waals surface area contributed by atoms with Crippen LogP contribution in [0.25, 0.3) is 0 Å². The first-order valence-electron chi connectivity index (χ1n) is 10.9. The zero-order chi connectivity index (χ0) is 24.3. The van der Waals surface area contributed by atoms with Crippen molar-refractivity contribution in [3.05, 3.63) is 95.6 Å². The van der Waals surface area contributed by atoms with E-state index in [4.69, 9.17) is 4.74 Å². The SMILES string of the molecule is CC1Cc2ccccc2N1S(=O)(=O)c1cccc(C(=O)OCC(=O)N(C)Cc2ccccc2)c1. The summed E-state index contributed by atoms with van der Waals surface area (Å²) < 4.78 is 33.4. The molecule has 1 heterocycles. The van der Waals surface area contributed by atoms with Crippen LogP contribution in [0.4, 0.5) is 5.69 Å². The third-order valence-corrected chi connectivity index (χ3v) is 7.71. The maximum absolute atomic E-state index is 13.4. The van der Waals surface area contributed by atoms with Crippen molar-refractivity contribution in [3.8, 4) is 0 Å². The van der Waals surface area contributed by atoms with E-state index in [1.165, 1.54) is 33.5 Å². The molecule has 0 saturated carbocycles. The van der Waals surface area contributed by atoms with Gasteiger partial charge in [-0.05, 0) is 48.7 Å². The van der Waals surface area contributed by atoms with Gasteiger partial charge in [0.05, 0.1) is 16.1 Å². The van der Waals surface area contributed by atoms with Gasteiger partial charge >= 0.3 is 5.97 Å². The van der Waals surface area contributed by atoms with Crippen molar-refractivity contribution in [3.63, 3.8) is 0 Å². The molecule has 1 aliphatic rings. The van der Waals surface area contributed by atoms with Crippen LogP contribution in [-0.2, 0) is 32.5 Å². The van der Waals surface area contributed by atoms with E-state index in [1.54, 1.807) is 19.2 Å². The molecule has 0 aromatic heterocycles. The zero-order valence-corrected chi connectivity index (χ0v) is 19.9. The number of benzene rings is 3. The van der Waals surface area contributed by atoms with Crippen LogP contribution < -0.4 is 4.31 Å². The van der Waals surface area contributed by atoms with Crippen LogP contribution in [0.3, 0.4) is 0 Å². The number of anilines is 1. The second-order valence-electron chi connectivity index (χ2n) is 8.32. The maximum atomic E-state index is 13.4. The van der Waals surface area contributed by atoms with Crippen molar-refractivity contribution >= 4 is 27.6 Å². The summed E-state index contributed by atoms with van der Waals surface area (Å²) >= 11 is 0. The first-order valence-corrected chi connectivity index (χ1v) is 12.4. The normalized spacial score (nSPS) is 15.0. The molecule has 176 valence electrons. The summed E-state index contributed by atoms with van der Waals surface area (Å²) in [5.41, 5.74) is 2.64. The topological polar surface area (TPSA) is 84.0 Å². The number of rotatable bonds is 7. The highest BCUT2D eigenvalue weighted by Gasteiger charge is 2.36. The molecule has 7 nitrogen and oxygen atoms in total. The second-order valence-corrected chi connectivity index (χ2v) is 10.1. The Labute approximate surface area is 199 Å². The zero-order valence-electron chi connectivity index (χ0n) is 19.0. The Bertz CT molecular complexity index is 1310. The lowest BCUT2D eigenvalue weighted by Gasteiger charge is -2.24. The molecule has 1 unspecified atom stereocenters. The van der Waals surface area contributed by atoms with Crippen LogP contribution in [0.5, 0.6) is 0 Å². The van der Waals surface area contributed by atoms with Crippen LogP contribution in [0, 0.1) is 0 Å². The van der Waals surface area contributed by atoms with Crippen molar-refractivity contribution in [2.45, 2.75) is 30.8 Å². The first kappa shape index (κ1) is 23.5. The monoisotopic (exact) mass is 478 g/mol. The van der Waals surface area contributed by atoms with Gasteiger partial charge in [0, 0.05) is 19.6 Å². The Morgan fingerprint density at radius 1 is 1.00 bits per heavy atom. The Morgan fingerprint density at radius 2 is 1.71 bits per heavy atom. The van der Waals surface area contributed by atoms with Crippen LogP contribution in [-0.4, -0.2) is 44.9 Å². The lowest BCUT2D eigenvalue weighted by atomic mass is 10.1. The molecule has 8 heteroatoms. The van der Waals surface area contributed by atoms with Crippen molar-refractivity contribution < 1.29 is 22.7 Å². The predicted molar refractivity (Wildman–Crippen MR) is 129 cm³/mol. The number of ether oxygens (including phenoxy) is 1. The molecule has 3 aromatic rings. The number of para-hydroxylation sites is 1. The van der Waals surface area contributed by atoms with Gasteiger partial charge in [0.2, 0.25) is 0 Å². The summed E-state index contributed by atoms with van der Waals surface area (Å²) in [6.45, 7) is 1.81. The molecule has 1 atom stereocenters. The fourth-order valence-corrected chi connectivity index (χ4v) is 5.81. The number of amides is 1. The summed E-state index contributed by atoms with van der Waals surface area (Å²) in [5, 5.41) is 0. The molecule has 1 aliphatic heterocycles. The fourth-order valence-electron chi connectivity index (χ4n) is 4.07. The summed E-state index contributed by atoms with van der Waals surface area (Å²) in [4.78, 5) is 26.4. The van der Waals surface area contributed by atoms with Gasteiger partial charge < -0.3 is 9.64 Å². The summed E-state index contributed by atoms with van der Waals surface area (Å²) in [5.74, 6) is -1.11. The molecule has 1 amide bonds. The molecule has 0 fully saturated rings. The van der Waals surface area contributed by atoms with Crippen LogP contribution >= 0.6 is 0 Å². The molecule has 0 spiro atoms. The quantitative estimate of drug-likeness (QED) is 0.484. The van der Waals surface area contributed by atoms with Crippen molar-refractivity contribution in [1.82, 2.24) is 4.90 Å². The Kier molecular flexibility index (Phi) is 6.70. The number of hydrogen-bond acceptors (Lipinski definition) is 5. The number of nitrogens with zero attached hydrogens (tertiary/aromatic N) is 2. The van der Waals surface area contributed by atoms with E-state index < -0.39 is 22.6 Å². The number of fused-ring (bicyclic) bond motifs is 1. The molecular formula is C26H26N2O5S. The van der Waals surface area contributed by atoms with Gasteiger partial charge in [0.25, 0.3) is 15.9 Å². The molecule has 0 N–H and O–H groups in total. The summed E-state index contributed by atoms with van der Waals surface area (Å²) in [6, 6.07) is 22.3. The predicted octanol–water partition coefficient (Wildman–Crippen LogP) is 3.64. The van der Waals surface area contributed by atoms with E-state index in [9.17, 15) is 18.0 Å². The third-order valence-electron chi connectivity index (χ3n) is 5.79. The standard InChI is InChI=1S/C26H26N2O5S/c1-19-15-21-11-6-7-14-24(21)28(19)34(31,32)23-13-8-12-22(16-23)26(30)33-18-25(29)27(2)17-20-9-4-3-5-10-20/h3-14,16,19H,15,17-18H2,1-2H3. The molecule has 4 rings (SSSR count). The van der Waals surface area contributed by atoms with Crippen molar-refractivity contribution in [2.24, 2.45) is 0 Å². The van der Waals surface area contributed by atoms with E-state index in [2.05, 4.69) is 0 Å². The van der Waals surface area contributed by atoms with E-state index in [-0.39, 0.29) is 22.4 Å². The van der Waals surface area contributed by atoms with Crippen LogP contribution in [0.15, 0.2) is 83.8 Å². The Balaban J connectivity index is 1.45. The van der Waals surface area contributed by atoms with Crippen molar-refractivity contribution in [1.29, 1.82) is 0 Å². The lowest BCUT2D eigenvalue weighted by Crippen LogP contribution is -2.35. The highest BCUT2D eigenvalue weighted by molar-refractivity contribution is 7.92. The number of carbonyl (C=O) groups excluding carboxylic acids is 2. The van der Waals surface area contributed by atoms with Gasteiger partial charge in [-0.25, -0.2) is 13.2 Å². The number of esters is 1. The van der Waals surface area contributed by atoms with E-state index in [0.29, 0.717) is 18.7 Å². The molecule has 0 saturated heterocycles. The van der Waals surface area contributed by atoms with Gasteiger partial charge in [-0.1, -0.05) is 54.6 Å². The van der Waals surface area contributed by atoms with Crippen LogP contribution in [0.1, 0.15) is 28.4 Å². The van der Waals surface area contributed by atoms with Gasteiger partial charge in [-0.15, -0.1) is 0 Å². The van der Waals surface area contributed by atoms with Gasteiger partial charge in [0.1, 0.15) is 0 Å². The molecule has 0 aliphatic carbocycles. The number of hydrogen-bond donors (Lipinski definition) is 0. The summed E-state index contributed by atoms with van der Waals surface area (Å²) in [7, 11) is -2.26. The molecule has 0 bridgehead atoms. The average molecular weight is 479 g/mol.